The highest BCUT2D eigenvalue weighted by Gasteiger charge is 2.20. The van der Waals surface area contributed by atoms with Gasteiger partial charge in [0.05, 0.1) is 11.1 Å². The Balaban J connectivity index is 1.74. The summed E-state index contributed by atoms with van der Waals surface area (Å²) in [4.78, 5) is 24.0. The van der Waals surface area contributed by atoms with Gasteiger partial charge in [0.1, 0.15) is 5.69 Å². The summed E-state index contributed by atoms with van der Waals surface area (Å²) in [5.41, 5.74) is 2.09. The molecule has 2 aliphatic rings. The lowest BCUT2D eigenvalue weighted by molar-refractivity contribution is 0.0954. The normalized spacial score (nSPS) is 10.8. The van der Waals surface area contributed by atoms with Crippen LogP contribution in [0, 0.1) is 0 Å². The van der Waals surface area contributed by atoms with Gasteiger partial charge in [-0.2, -0.15) is 5.10 Å². The second kappa shape index (κ2) is 5.85. The van der Waals surface area contributed by atoms with E-state index < -0.39 is 0 Å². The van der Waals surface area contributed by atoms with Crippen molar-refractivity contribution in [3.63, 3.8) is 0 Å². The summed E-state index contributed by atoms with van der Waals surface area (Å²) in [7, 11) is 1.77. The molecule has 0 saturated heterocycles. The molecule has 0 fully saturated rings. The molecule has 0 unspecified atom stereocenters. The SMILES string of the molecule is Cn1cc(C(=O)NCCc2ccccc2)c2n[nH]c(=O)c-2c1. The molecule has 2 heterocycles. The summed E-state index contributed by atoms with van der Waals surface area (Å²) in [6.45, 7) is 0.525. The largest absolute Gasteiger partial charge is 0.356 e. The zero-order chi connectivity index (χ0) is 15.5. The van der Waals surface area contributed by atoms with Gasteiger partial charge in [0.25, 0.3) is 11.5 Å². The molecule has 0 atom stereocenters. The Kier molecular flexibility index (Phi) is 3.74. The minimum absolute atomic E-state index is 0.233. The van der Waals surface area contributed by atoms with Gasteiger partial charge in [-0.05, 0) is 12.0 Å². The van der Waals surface area contributed by atoms with Crippen LogP contribution in [0.25, 0.3) is 11.3 Å². The number of aryl methyl sites for hydroxylation is 1. The maximum Gasteiger partial charge on any atom is 0.275 e. The molecule has 0 saturated carbocycles. The number of fused-ring (bicyclic) bond motifs is 1. The Morgan fingerprint density at radius 3 is 2.82 bits per heavy atom. The fourth-order valence-electron chi connectivity index (χ4n) is 2.39. The lowest BCUT2D eigenvalue weighted by Crippen LogP contribution is -2.27. The number of pyridine rings is 1. The Bertz CT molecular complexity index is 820. The molecule has 0 aromatic heterocycles. The van der Waals surface area contributed by atoms with Crippen LogP contribution in [0.1, 0.15) is 15.9 Å². The van der Waals surface area contributed by atoms with Crippen LogP contribution in [-0.4, -0.2) is 27.2 Å². The zero-order valence-corrected chi connectivity index (χ0v) is 12.2. The van der Waals surface area contributed by atoms with Crippen molar-refractivity contribution in [1.82, 2.24) is 20.1 Å². The van der Waals surface area contributed by atoms with Gasteiger partial charge in [-0.1, -0.05) is 30.3 Å². The highest BCUT2D eigenvalue weighted by molar-refractivity contribution is 5.99. The van der Waals surface area contributed by atoms with Gasteiger partial charge in [-0.15, -0.1) is 0 Å². The average Bonchev–Trinajstić information content (AvgIpc) is 2.89. The molecule has 112 valence electrons. The van der Waals surface area contributed by atoms with Crippen LogP contribution >= 0.6 is 0 Å². The van der Waals surface area contributed by atoms with E-state index in [-0.39, 0.29) is 11.5 Å². The third-order valence-corrected chi connectivity index (χ3v) is 3.48. The van der Waals surface area contributed by atoms with Crippen molar-refractivity contribution in [2.45, 2.75) is 6.42 Å². The number of rotatable bonds is 4. The Hall–Kier alpha value is -2.89. The van der Waals surface area contributed by atoms with Gasteiger partial charge in [0.15, 0.2) is 0 Å². The highest BCUT2D eigenvalue weighted by atomic mass is 16.2. The van der Waals surface area contributed by atoms with E-state index in [0.717, 1.165) is 12.0 Å². The van der Waals surface area contributed by atoms with E-state index in [1.165, 1.54) is 0 Å². The molecule has 6 heteroatoms. The number of carbonyl (C=O) groups is 1. The first-order valence-corrected chi connectivity index (χ1v) is 7.01. The lowest BCUT2D eigenvalue weighted by Gasteiger charge is -2.10. The van der Waals surface area contributed by atoms with Gasteiger partial charge in [-0.3, -0.25) is 9.59 Å². The number of aromatic amines is 1. The van der Waals surface area contributed by atoms with Crippen molar-refractivity contribution < 1.29 is 4.79 Å². The van der Waals surface area contributed by atoms with E-state index in [0.29, 0.717) is 23.4 Å². The Morgan fingerprint density at radius 1 is 1.27 bits per heavy atom. The molecular weight excluding hydrogens is 280 g/mol. The zero-order valence-electron chi connectivity index (χ0n) is 12.2. The van der Waals surface area contributed by atoms with Crippen molar-refractivity contribution in [1.29, 1.82) is 0 Å². The number of nitrogens with zero attached hydrogens (tertiary/aromatic N) is 2. The van der Waals surface area contributed by atoms with Crippen LogP contribution in [0.2, 0.25) is 0 Å². The smallest absolute Gasteiger partial charge is 0.275 e. The van der Waals surface area contributed by atoms with Crippen molar-refractivity contribution in [3.05, 3.63) is 64.2 Å². The predicted octanol–water partition coefficient (Wildman–Crippen LogP) is 1.19. The highest BCUT2D eigenvalue weighted by Crippen LogP contribution is 2.18. The molecule has 22 heavy (non-hydrogen) atoms. The van der Waals surface area contributed by atoms with E-state index in [4.69, 9.17) is 0 Å². The quantitative estimate of drug-likeness (QED) is 0.759. The minimum Gasteiger partial charge on any atom is -0.356 e. The molecule has 0 aliphatic carbocycles. The van der Waals surface area contributed by atoms with Crippen LogP contribution in [0.5, 0.6) is 0 Å². The first-order valence-electron chi connectivity index (χ1n) is 7.01. The first-order chi connectivity index (χ1) is 10.6. The molecule has 1 aromatic carbocycles. The minimum atomic E-state index is -0.287. The maximum absolute atomic E-state index is 12.3. The van der Waals surface area contributed by atoms with Gasteiger partial charge in [-0.25, -0.2) is 5.10 Å². The van der Waals surface area contributed by atoms with E-state index in [1.807, 2.05) is 30.3 Å². The number of hydrogen-bond donors (Lipinski definition) is 2. The topological polar surface area (TPSA) is 79.8 Å². The van der Waals surface area contributed by atoms with Crippen LogP contribution in [0.3, 0.4) is 0 Å². The molecule has 0 radical (unpaired) electrons. The average molecular weight is 296 g/mol. The second-order valence-corrected chi connectivity index (χ2v) is 5.14. The monoisotopic (exact) mass is 296 g/mol. The van der Waals surface area contributed by atoms with Crippen LogP contribution in [-0.2, 0) is 13.5 Å². The van der Waals surface area contributed by atoms with E-state index in [9.17, 15) is 9.59 Å². The molecule has 1 amide bonds. The summed E-state index contributed by atoms with van der Waals surface area (Å²) in [6.07, 6.45) is 4.07. The van der Waals surface area contributed by atoms with Crippen molar-refractivity contribution in [2.75, 3.05) is 6.54 Å². The van der Waals surface area contributed by atoms with Crippen LogP contribution in [0.15, 0.2) is 47.5 Å². The van der Waals surface area contributed by atoms with Gasteiger partial charge in [0, 0.05) is 26.0 Å². The lowest BCUT2D eigenvalue weighted by atomic mass is 10.1. The molecular formula is C16H16N4O2. The fourth-order valence-corrected chi connectivity index (χ4v) is 2.39. The van der Waals surface area contributed by atoms with Gasteiger partial charge >= 0.3 is 0 Å². The van der Waals surface area contributed by atoms with Crippen LogP contribution < -0.4 is 10.9 Å². The molecule has 2 aliphatic heterocycles. The third kappa shape index (κ3) is 2.76. The van der Waals surface area contributed by atoms with Crippen LogP contribution in [0.4, 0.5) is 0 Å². The van der Waals surface area contributed by atoms with Crippen molar-refractivity contribution in [3.8, 4) is 11.3 Å². The molecule has 1 aromatic rings. The maximum atomic E-state index is 12.3. The number of aromatic nitrogens is 3. The third-order valence-electron chi connectivity index (χ3n) is 3.48. The molecule has 2 N–H and O–H groups in total. The number of carbonyl (C=O) groups excluding carboxylic acids is 1. The predicted molar refractivity (Wildman–Crippen MR) is 82.9 cm³/mol. The summed E-state index contributed by atoms with van der Waals surface area (Å²) in [5.74, 6) is -0.233. The van der Waals surface area contributed by atoms with E-state index in [2.05, 4.69) is 15.5 Å². The molecule has 3 rings (SSSR count). The standard InChI is InChI=1S/C16H16N4O2/c1-20-9-12(14-13(10-20)16(22)19-18-14)15(21)17-8-7-11-5-3-2-4-6-11/h2-6,9-10H,7-8H2,1H3,(H,17,21)(H,19,22). The number of benzene rings is 1. The summed E-state index contributed by atoms with van der Waals surface area (Å²) >= 11 is 0. The Morgan fingerprint density at radius 2 is 2.05 bits per heavy atom. The van der Waals surface area contributed by atoms with Gasteiger partial charge in [0.2, 0.25) is 0 Å². The fraction of sp³-hybridized carbons (Fsp3) is 0.188. The Labute approximate surface area is 127 Å². The van der Waals surface area contributed by atoms with Crippen molar-refractivity contribution >= 4 is 5.91 Å². The molecule has 6 nitrogen and oxygen atoms in total. The number of hydrogen-bond acceptors (Lipinski definition) is 3. The number of amides is 1. The molecule has 0 bridgehead atoms. The van der Waals surface area contributed by atoms with E-state index in [1.54, 1.807) is 24.0 Å². The number of nitrogens with one attached hydrogen (secondary N) is 2. The first kappa shape index (κ1) is 14.1. The number of H-pyrrole nitrogens is 1. The summed E-state index contributed by atoms with van der Waals surface area (Å²) < 4.78 is 1.69. The summed E-state index contributed by atoms with van der Waals surface area (Å²) in [6, 6.07) is 9.93. The van der Waals surface area contributed by atoms with Gasteiger partial charge < -0.3 is 9.88 Å². The molecule has 0 spiro atoms. The van der Waals surface area contributed by atoms with E-state index >= 15 is 0 Å². The second-order valence-electron chi connectivity index (χ2n) is 5.14. The summed E-state index contributed by atoms with van der Waals surface area (Å²) in [5, 5.41) is 9.18. The van der Waals surface area contributed by atoms with Crippen molar-refractivity contribution in [2.24, 2.45) is 7.05 Å².